The van der Waals surface area contributed by atoms with Gasteiger partial charge in [-0.05, 0) is 30.2 Å². The lowest BCUT2D eigenvalue weighted by Gasteiger charge is -2.02. The van der Waals surface area contributed by atoms with Crippen molar-refractivity contribution >= 4 is 45.4 Å². The lowest BCUT2D eigenvalue weighted by atomic mass is 10.0. The number of benzene rings is 1. The molecule has 0 bridgehead atoms. The molecule has 1 aromatic carbocycles. The largest absolute Gasteiger partial charge is 0.382 e. The van der Waals surface area contributed by atoms with Gasteiger partial charge in [0.05, 0.1) is 10.2 Å². The number of rotatable bonds is 3. The summed E-state index contributed by atoms with van der Waals surface area (Å²) in [5.41, 5.74) is 15.5. The summed E-state index contributed by atoms with van der Waals surface area (Å²) < 4.78 is 0.879. The number of aromatic nitrogens is 2. The van der Waals surface area contributed by atoms with E-state index in [1.165, 1.54) is 17.7 Å². The second kappa shape index (κ2) is 5.57. The van der Waals surface area contributed by atoms with Crippen molar-refractivity contribution in [1.29, 1.82) is 0 Å². The molecule has 0 aliphatic heterocycles. The number of carbonyl (C=O) groups is 1. The number of nitrogen functional groups attached to an aromatic ring is 1. The zero-order valence-corrected chi connectivity index (χ0v) is 12.7. The molecule has 0 aliphatic carbocycles. The minimum atomic E-state index is -0.434. The van der Waals surface area contributed by atoms with Gasteiger partial charge < -0.3 is 11.5 Å². The number of thiophene rings is 1. The van der Waals surface area contributed by atoms with Crippen molar-refractivity contribution in [3.8, 4) is 0 Å². The highest BCUT2D eigenvalue weighted by Gasteiger charge is 2.07. The summed E-state index contributed by atoms with van der Waals surface area (Å²) in [4.78, 5) is 19.5. The normalized spacial score (nSPS) is 11.3. The van der Waals surface area contributed by atoms with Crippen LogP contribution in [0.25, 0.3) is 22.4 Å². The summed E-state index contributed by atoms with van der Waals surface area (Å²) in [6, 6.07) is 5.39. The summed E-state index contributed by atoms with van der Waals surface area (Å²) in [6.07, 6.45) is 5.36. The molecule has 22 heavy (non-hydrogen) atoms. The quantitative estimate of drug-likeness (QED) is 0.777. The van der Waals surface area contributed by atoms with Crippen LogP contribution in [-0.4, -0.2) is 15.9 Å². The molecule has 5 nitrogen and oxygen atoms in total. The number of primary amides is 1. The van der Waals surface area contributed by atoms with Crippen LogP contribution in [0.2, 0.25) is 0 Å². The van der Waals surface area contributed by atoms with Crippen molar-refractivity contribution in [3.05, 3.63) is 52.2 Å². The van der Waals surface area contributed by atoms with Gasteiger partial charge in [0.1, 0.15) is 12.1 Å². The molecule has 0 fully saturated rings. The Bertz CT molecular complexity index is 898. The maximum atomic E-state index is 11.3. The molecule has 110 valence electrons. The van der Waals surface area contributed by atoms with Gasteiger partial charge in [-0.25, -0.2) is 9.97 Å². The molecule has 0 spiro atoms. The van der Waals surface area contributed by atoms with Crippen LogP contribution >= 0.6 is 11.3 Å². The van der Waals surface area contributed by atoms with Gasteiger partial charge in [-0.3, -0.25) is 4.79 Å². The fourth-order valence-electron chi connectivity index (χ4n) is 2.16. The topological polar surface area (TPSA) is 94.9 Å². The highest BCUT2D eigenvalue weighted by Crippen LogP contribution is 2.28. The molecule has 0 radical (unpaired) electrons. The Hall–Kier alpha value is -2.73. The third-order valence-corrected chi connectivity index (χ3v) is 4.42. The summed E-state index contributed by atoms with van der Waals surface area (Å²) in [7, 11) is 0. The average Bonchev–Trinajstić information content (AvgIpc) is 2.91. The van der Waals surface area contributed by atoms with Crippen molar-refractivity contribution in [1.82, 2.24) is 9.97 Å². The predicted octanol–water partition coefficient (Wildman–Crippen LogP) is 2.85. The summed E-state index contributed by atoms with van der Waals surface area (Å²) in [5, 5.41) is 1.99. The number of hydrogen-bond donors (Lipinski definition) is 2. The van der Waals surface area contributed by atoms with Crippen LogP contribution in [-0.2, 0) is 0 Å². The highest BCUT2D eigenvalue weighted by molar-refractivity contribution is 7.18. The van der Waals surface area contributed by atoms with Gasteiger partial charge in [0.15, 0.2) is 0 Å². The Morgan fingerprint density at radius 1 is 1.23 bits per heavy atom. The van der Waals surface area contributed by atoms with E-state index in [0.717, 1.165) is 26.9 Å². The Kier molecular flexibility index (Phi) is 3.60. The molecule has 0 saturated heterocycles. The van der Waals surface area contributed by atoms with Crippen molar-refractivity contribution in [3.63, 3.8) is 0 Å². The van der Waals surface area contributed by atoms with Gasteiger partial charge in [-0.2, -0.15) is 0 Å². The van der Waals surface area contributed by atoms with Crippen LogP contribution in [0.1, 0.15) is 27.0 Å². The number of hydrogen-bond acceptors (Lipinski definition) is 5. The van der Waals surface area contributed by atoms with E-state index in [-0.39, 0.29) is 0 Å². The minimum Gasteiger partial charge on any atom is -0.382 e. The Morgan fingerprint density at radius 2 is 2.00 bits per heavy atom. The smallest absolute Gasteiger partial charge is 0.248 e. The fraction of sp³-hybridized carbons (Fsp3) is 0.0625. The van der Waals surface area contributed by atoms with Crippen LogP contribution < -0.4 is 11.5 Å². The van der Waals surface area contributed by atoms with Crippen molar-refractivity contribution in [2.24, 2.45) is 5.73 Å². The molecule has 1 amide bonds. The van der Waals surface area contributed by atoms with Gasteiger partial charge in [0.2, 0.25) is 5.91 Å². The number of amides is 1. The zero-order chi connectivity index (χ0) is 15.7. The first-order valence-corrected chi connectivity index (χ1v) is 7.50. The molecule has 0 aliphatic rings. The molecule has 2 aromatic heterocycles. The second-order valence-corrected chi connectivity index (χ2v) is 5.78. The third kappa shape index (κ3) is 2.56. The van der Waals surface area contributed by atoms with Crippen LogP contribution in [0, 0.1) is 6.92 Å². The second-order valence-electron chi connectivity index (χ2n) is 4.90. The molecule has 6 heteroatoms. The lowest BCUT2D eigenvalue weighted by Crippen LogP contribution is -2.10. The van der Waals surface area contributed by atoms with E-state index < -0.39 is 5.91 Å². The van der Waals surface area contributed by atoms with E-state index in [1.54, 1.807) is 12.1 Å². The molecule has 2 heterocycles. The molecular formula is C16H14N4OS. The Labute approximate surface area is 131 Å². The molecule has 3 aromatic rings. The predicted molar refractivity (Wildman–Crippen MR) is 90.5 cm³/mol. The number of carbonyl (C=O) groups excluding carboxylic acids is 1. The first kappa shape index (κ1) is 14.2. The molecule has 0 saturated carbocycles. The first-order valence-electron chi connectivity index (χ1n) is 6.62. The maximum absolute atomic E-state index is 11.3. The van der Waals surface area contributed by atoms with E-state index in [1.807, 2.05) is 30.5 Å². The van der Waals surface area contributed by atoms with E-state index >= 15 is 0 Å². The highest BCUT2D eigenvalue weighted by atomic mass is 32.1. The number of aryl methyl sites for hydroxylation is 1. The van der Waals surface area contributed by atoms with Gasteiger partial charge >= 0.3 is 0 Å². The van der Waals surface area contributed by atoms with Crippen LogP contribution in [0.4, 0.5) is 5.82 Å². The van der Waals surface area contributed by atoms with Gasteiger partial charge in [0, 0.05) is 16.5 Å². The Morgan fingerprint density at radius 3 is 2.77 bits per heavy atom. The van der Waals surface area contributed by atoms with Gasteiger partial charge in [-0.15, -0.1) is 11.3 Å². The van der Waals surface area contributed by atoms with Crippen molar-refractivity contribution in [2.75, 3.05) is 5.73 Å². The summed E-state index contributed by atoms with van der Waals surface area (Å²) in [6.45, 7) is 1.98. The lowest BCUT2D eigenvalue weighted by molar-refractivity contribution is 0.100. The first-order chi connectivity index (χ1) is 10.6. The fourth-order valence-corrected chi connectivity index (χ4v) is 3.05. The van der Waals surface area contributed by atoms with Gasteiger partial charge in [-0.1, -0.05) is 18.2 Å². The molecule has 0 unspecified atom stereocenters. The molecule has 4 N–H and O–H groups in total. The van der Waals surface area contributed by atoms with Crippen LogP contribution in [0.15, 0.2) is 29.9 Å². The average molecular weight is 310 g/mol. The van der Waals surface area contributed by atoms with Crippen molar-refractivity contribution < 1.29 is 4.79 Å². The van der Waals surface area contributed by atoms with E-state index in [2.05, 4.69) is 9.97 Å². The molecular weight excluding hydrogens is 296 g/mol. The van der Waals surface area contributed by atoms with E-state index in [9.17, 15) is 4.79 Å². The number of nitrogens with two attached hydrogens (primary N) is 2. The monoisotopic (exact) mass is 310 g/mol. The van der Waals surface area contributed by atoms with Gasteiger partial charge in [0.25, 0.3) is 0 Å². The number of anilines is 1. The third-order valence-electron chi connectivity index (χ3n) is 3.41. The van der Waals surface area contributed by atoms with E-state index in [0.29, 0.717) is 11.4 Å². The summed E-state index contributed by atoms with van der Waals surface area (Å²) in [5.74, 6) is 0.0534. The van der Waals surface area contributed by atoms with Crippen LogP contribution in [0.5, 0.6) is 0 Å². The number of fused-ring (bicyclic) bond motifs is 1. The Balaban J connectivity index is 2.01. The van der Waals surface area contributed by atoms with Crippen LogP contribution in [0.3, 0.4) is 0 Å². The standard InChI is InChI=1S/C16H14N4OS/c1-9-2-3-11(16(18)21)6-10(9)4-5-12-7-22-14-13(12)19-8-20-15(14)17/h2-8H,1H3,(H2,18,21)(H2,17,19,20)/b5-4+. The summed E-state index contributed by atoms with van der Waals surface area (Å²) >= 11 is 1.51. The molecule has 0 atom stereocenters. The minimum absolute atomic E-state index is 0.434. The SMILES string of the molecule is Cc1ccc(C(N)=O)cc1/C=C/c1csc2c(N)ncnc12. The zero-order valence-electron chi connectivity index (χ0n) is 11.9. The maximum Gasteiger partial charge on any atom is 0.248 e. The molecule has 3 rings (SSSR count). The van der Waals surface area contributed by atoms with Crippen molar-refractivity contribution in [2.45, 2.75) is 6.92 Å². The number of nitrogens with zero attached hydrogens (tertiary/aromatic N) is 2. The van der Waals surface area contributed by atoms with E-state index in [4.69, 9.17) is 11.5 Å².